The molecule has 146 valence electrons. The van der Waals surface area contributed by atoms with E-state index in [1.807, 2.05) is 22.9 Å². The Morgan fingerprint density at radius 2 is 2.00 bits per heavy atom. The predicted octanol–water partition coefficient (Wildman–Crippen LogP) is 2.15. The standard InChI is InChI=1S/C17H14F3N5O3/c18-17(19,20)16(26)24-5-11(6-24)14-22-15(28-23-14)9-1-2-10-4-21-25(13(10)3-9)12-7-27-8-12/h1-4,11-12H,5-8H2. The van der Waals surface area contributed by atoms with Crippen LogP contribution in [0.4, 0.5) is 13.2 Å². The Kier molecular flexibility index (Phi) is 3.69. The molecular weight excluding hydrogens is 379 g/mol. The summed E-state index contributed by atoms with van der Waals surface area (Å²) in [4.78, 5) is 16.2. The Morgan fingerprint density at radius 3 is 2.68 bits per heavy atom. The van der Waals surface area contributed by atoms with E-state index in [0.717, 1.165) is 15.8 Å². The maximum Gasteiger partial charge on any atom is 0.471 e. The number of alkyl halides is 3. The van der Waals surface area contributed by atoms with Crippen molar-refractivity contribution >= 4 is 16.8 Å². The third-order valence-electron chi connectivity index (χ3n) is 5.03. The number of aromatic nitrogens is 4. The van der Waals surface area contributed by atoms with Gasteiger partial charge in [0.2, 0.25) is 0 Å². The average molecular weight is 393 g/mol. The first kappa shape index (κ1) is 17.2. The normalized spacial score (nSPS) is 18.3. The summed E-state index contributed by atoms with van der Waals surface area (Å²) in [6.45, 7) is 1.07. The lowest BCUT2D eigenvalue weighted by Crippen LogP contribution is -2.53. The van der Waals surface area contributed by atoms with Gasteiger partial charge in [-0.25, -0.2) is 0 Å². The van der Waals surface area contributed by atoms with Gasteiger partial charge in [0, 0.05) is 24.0 Å². The van der Waals surface area contributed by atoms with Gasteiger partial charge in [-0.3, -0.25) is 9.48 Å². The minimum absolute atomic E-state index is 0.0786. The molecule has 0 saturated carbocycles. The molecule has 11 heteroatoms. The smallest absolute Gasteiger partial charge is 0.377 e. The van der Waals surface area contributed by atoms with Gasteiger partial charge in [-0.05, 0) is 12.1 Å². The van der Waals surface area contributed by atoms with E-state index in [0.29, 0.717) is 24.6 Å². The van der Waals surface area contributed by atoms with E-state index in [4.69, 9.17) is 9.26 Å². The van der Waals surface area contributed by atoms with E-state index in [9.17, 15) is 18.0 Å². The van der Waals surface area contributed by atoms with Crippen LogP contribution in [0.25, 0.3) is 22.4 Å². The zero-order valence-corrected chi connectivity index (χ0v) is 14.4. The Labute approximate surface area is 155 Å². The lowest BCUT2D eigenvalue weighted by molar-refractivity contribution is -0.190. The van der Waals surface area contributed by atoms with Crippen molar-refractivity contribution in [2.45, 2.75) is 18.1 Å². The first-order valence-electron chi connectivity index (χ1n) is 8.65. The highest BCUT2D eigenvalue weighted by molar-refractivity contribution is 5.83. The lowest BCUT2D eigenvalue weighted by Gasteiger charge is -2.37. The summed E-state index contributed by atoms with van der Waals surface area (Å²) in [5.74, 6) is -1.64. The number of amides is 1. The molecule has 0 bridgehead atoms. The summed E-state index contributed by atoms with van der Waals surface area (Å²) < 4.78 is 49.7. The van der Waals surface area contributed by atoms with Crippen LogP contribution in [0.15, 0.2) is 28.9 Å². The monoisotopic (exact) mass is 393 g/mol. The highest BCUT2D eigenvalue weighted by atomic mass is 19.4. The SMILES string of the molecule is O=C(N1CC(c2noc(-c3ccc4cnn(C5COC5)c4c3)n2)C1)C(F)(F)F. The molecule has 1 aromatic carbocycles. The van der Waals surface area contributed by atoms with Crippen molar-refractivity contribution in [3.8, 4) is 11.5 Å². The molecule has 2 aliphatic rings. The van der Waals surface area contributed by atoms with Crippen molar-refractivity contribution in [3.05, 3.63) is 30.2 Å². The Morgan fingerprint density at radius 1 is 1.21 bits per heavy atom. The first-order valence-corrected chi connectivity index (χ1v) is 8.65. The van der Waals surface area contributed by atoms with Crippen molar-refractivity contribution in [1.82, 2.24) is 24.8 Å². The summed E-state index contributed by atoms with van der Waals surface area (Å²) in [6.07, 6.45) is -3.09. The van der Waals surface area contributed by atoms with Crippen LogP contribution in [-0.4, -0.2) is 63.2 Å². The van der Waals surface area contributed by atoms with Crippen molar-refractivity contribution in [3.63, 3.8) is 0 Å². The van der Waals surface area contributed by atoms with Crippen molar-refractivity contribution in [2.24, 2.45) is 0 Å². The number of fused-ring (bicyclic) bond motifs is 1. The summed E-state index contributed by atoms with van der Waals surface area (Å²) in [5.41, 5.74) is 1.60. The van der Waals surface area contributed by atoms with Gasteiger partial charge in [-0.2, -0.15) is 23.3 Å². The molecule has 0 N–H and O–H groups in total. The van der Waals surface area contributed by atoms with Gasteiger partial charge in [-0.15, -0.1) is 0 Å². The number of carbonyl (C=O) groups is 1. The number of rotatable bonds is 3. The van der Waals surface area contributed by atoms with E-state index < -0.39 is 12.1 Å². The third-order valence-corrected chi connectivity index (χ3v) is 5.03. The minimum Gasteiger partial charge on any atom is -0.377 e. The molecule has 0 aliphatic carbocycles. The number of hydrogen-bond donors (Lipinski definition) is 0. The van der Waals surface area contributed by atoms with Crippen LogP contribution in [-0.2, 0) is 9.53 Å². The molecule has 2 saturated heterocycles. The van der Waals surface area contributed by atoms with E-state index in [-0.39, 0.29) is 30.9 Å². The van der Waals surface area contributed by atoms with Gasteiger partial charge in [0.1, 0.15) is 0 Å². The molecule has 0 spiro atoms. The third kappa shape index (κ3) is 2.73. The summed E-state index contributed by atoms with van der Waals surface area (Å²) in [6, 6.07) is 5.80. The fraction of sp³-hybridized carbons (Fsp3) is 0.412. The maximum absolute atomic E-state index is 12.4. The molecule has 0 atom stereocenters. The summed E-state index contributed by atoms with van der Waals surface area (Å²) in [5, 5.41) is 9.24. The van der Waals surface area contributed by atoms with Crippen molar-refractivity contribution < 1.29 is 27.2 Å². The largest absolute Gasteiger partial charge is 0.471 e. The molecule has 8 nitrogen and oxygen atoms in total. The Hall–Kier alpha value is -2.95. The molecule has 2 aliphatic heterocycles. The van der Waals surface area contributed by atoms with E-state index in [1.165, 1.54) is 0 Å². The van der Waals surface area contributed by atoms with Crippen LogP contribution in [0.3, 0.4) is 0 Å². The molecule has 0 radical (unpaired) electrons. The zero-order chi connectivity index (χ0) is 19.5. The quantitative estimate of drug-likeness (QED) is 0.678. The molecule has 2 aromatic heterocycles. The van der Waals surface area contributed by atoms with E-state index >= 15 is 0 Å². The van der Waals surface area contributed by atoms with Crippen molar-refractivity contribution in [2.75, 3.05) is 26.3 Å². The predicted molar refractivity (Wildman–Crippen MR) is 88.3 cm³/mol. The number of hydrogen-bond acceptors (Lipinski definition) is 6. The first-order chi connectivity index (χ1) is 13.4. The molecule has 2 fully saturated rings. The lowest BCUT2D eigenvalue weighted by atomic mass is 9.99. The second kappa shape index (κ2) is 6.03. The second-order valence-corrected chi connectivity index (χ2v) is 6.92. The van der Waals surface area contributed by atoms with Gasteiger partial charge in [0.05, 0.1) is 36.9 Å². The van der Waals surface area contributed by atoms with E-state index in [2.05, 4.69) is 15.2 Å². The van der Waals surface area contributed by atoms with Gasteiger partial charge in [-0.1, -0.05) is 11.2 Å². The number of nitrogens with zero attached hydrogens (tertiary/aromatic N) is 5. The zero-order valence-electron chi connectivity index (χ0n) is 14.4. The number of ether oxygens (including phenoxy) is 1. The van der Waals surface area contributed by atoms with Crippen LogP contribution < -0.4 is 0 Å². The maximum atomic E-state index is 12.4. The van der Waals surface area contributed by atoms with Gasteiger partial charge in [0.25, 0.3) is 5.89 Å². The van der Waals surface area contributed by atoms with Crippen LogP contribution >= 0.6 is 0 Å². The van der Waals surface area contributed by atoms with Crippen molar-refractivity contribution in [1.29, 1.82) is 0 Å². The Balaban J connectivity index is 1.35. The molecule has 4 heterocycles. The highest BCUT2D eigenvalue weighted by Gasteiger charge is 2.47. The van der Waals surface area contributed by atoms with Crippen LogP contribution in [0.1, 0.15) is 17.8 Å². The van der Waals surface area contributed by atoms with E-state index in [1.54, 1.807) is 6.20 Å². The number of benzene rings is 1. The van der Waals surface area contributed by atoms with Gasteiger partial charge >= 0.3 is 12.1 Å². The van der Waals surface area contributed by atoms with Crippen LogP contribution in [0, 0.1) is 0 Å². The molecule has 3 aromatic rings. The molecule has 5 rings (SSSR count). The Bertz CT molecular complexity index is 1050. The minimum atomic E-state index is -4.86. The second-order valence-electron chi connectivity index (χ2n) is 6.92. The number of halogens is 3. The topological polar surface area (TPSA) is 86.3 Å². The van der Waals surface area contributed by atoms with Gasteiger partial charge in [0.15, 0.2) is 5.82 Å². The fourth-order valence-electron chi connectivity index (χ4n) is 3.33. The fourth-order valence-corrected chi connectivity index (χ4v) is 3.33. The molecule has 0 unspecified atom stereocenters. The number of carbonyl (C=O) groups excluding carboxylic acids is 1. The van der Waals surface area contributed by atoms with Crippen LogP contribution in [0.5, 0.6) is 0 Å². The highest BCUT2D eigenvalue weighted by Crippen LogP contribution is 2.32. The summed E-state index contributed by atoms with van der Waals surface area (Å²) >= 11 is 0. The van der Waals surface area contributed by atoms with Gasteiger partial charge < -0.3 is 14.2 Å². The molecule has 1 amide bonds. The average Bonchev–Trinajstić information content (AvgIpc) is 3.18. The van der Waals surface area contributed by atoms with Crippen LogP contribution in [0.2, 0.25) is 0 Å². The molecule has 28 heavy (non-hydrogen) atoms. The summed E-state index contributed by atoms with van der Waals surface area (Å²) in [7, 11) is 0. The number of likely N-dealkylation sites (tertiary alicyclic amines) is 1. The molecular formula is C17H14F3N5O3.